The van der Waals surface area contributed by atoms with E-state index in [0.29, 0.717) is 0 Å². The lowest BCUT2D eigenvalue weighted by Gasteiger charge is -2.36. The number of nitrogens with zero attached hydrogens (tertiary/aromatic N) is 1. The third-order valence-corrected chi connectivity index (χ3v) is 4.04. The summed E-state index contributed by atoms with van der Waals surface area (Å²) in [5.74, 6) is 0.995. The zero-order chi connectivity index (χ0) is 14.1. The minimum Gasteiger partial charge on any atom is -0.493 e. The van der Waals surface area contributed by atoms with Gasteiger partial charge in [0.25, 0.3) is 0 Å². The third-order valence-electron chi connectivity index (χ3n) is 3.82. The Morgan fingerprint density at radius 2 is 2.25 bits per heavy atom. The molecular weight excluding hydrogens is 278 g/mol. The molecule has 2 aliphatic rings. The van der Waals surface area contributed by atoms with Crippen molar-refractivity contribution in [3.05, 3.63) is 28.3 Å². The fraction of sp³-hybridized carbons (Fsp3) is 0.600. The predicted molar refractivity (Wildman–Crippen MR) is 77.3 cm³/mol. The summed E-state index contributed by atoms with van der Waals surface area (Å²) in [6, 6.07) is 3.98. The van der Waals surface area contributed by atoms with Crippen LogP contribution in [0.2, 0.25) is 5.02 Å². The molecule has 0 radical (unpaired) electrons. The monoisotopic (exact) mass is 297 g/mol. The van der Waals surface area contributed by atoms with Gasteiger partial charge in [-0.1, -0.05) is 11.6 Å². The van der Waals surface area contributed by atoms with Gasteiger partial charge in [0, 0.05) is 36.6 Å². The van der Waals surface area contributed by atoms with Crippen LogP contribution in [0.5, 0.6) is 5.75 Å². The summed E-state index contributed by atoms with van der Waals surface area (Å²) >= 11 is 6.19. The van der Waals surface area contributed by atoms with Gasteiger partial charge in [0.1, 0.15) is 5.75 Å². The molecule has 3 rings (SSSR count). The second-order valence-corrected chi connectivity index (χ2v) is 6.03. The molecule has 1 saturated heterocycles. The number of hydrogen-bond acceptors (Lipinski definition) is 4. The van der Waals surface area contributed by atoms with Gasteiger partial charge >= 0.3 is 0 Å². The van der Waals surface area contributed by atoms with Crippen molar-refractivity contribution in [2.75, 3.05) is 26.3 Å². The van der Waals surface area contributed by atoms with Gasteiger partial charge in [-0.25, -0.2) is 0 Å². The molecule has 0 amide bonds. The Hall–Kier alpha value is -0.810. The van der Waals surface area contributed by atoms with Crippen molar-refractivity contribution >= 4 is 11.6 Å². The number of morpholine rings is 1. The Labute approximate surface area is 124 Å². The summed E-state index contributed by atoms with van der Waals surface area (Å²) < 4.78 is 11.4. The van der Waals surface area contributed by atoms with E-state index in [0.717, 1.165) is 49.0 Å². The summed E-state index contributed by atoms with van der Waals surface area (Å²) in [5.41, 5.74) is 2.34. The quantitative estimate of drug-likeness (QED) is 0.925. The lowest BCUT2D eigenvalue weighted by atomic mass is 10.1. The molecule has 5 heteroatoms. The molecule has 1 fully saturated rings. The maximum Gasteiger partial charge on any atom is 0.127 e. The molecule has 2 aliphatic heterocycles. The molecule has 1 N–H and O–H groups in total. The summed E-state index contributed by atoms with van der Waals surface area (Å²) in [6.07, 6.45) is 0.961. The van der Waals surface area contributed by atoms with Crippen LogP contribution in [0.3, 0.4) is 0 Å². The van der Waals surface area contributed by atoms with Crippen molar-refractivity contribution in [2.24, 2.45) is 0 Å². The molecule has 2 heterocycles. The molecule has 4 nitrogen and oxygen atoms in total. The van der Waals surface area contributed by atoms with Crippen molar-refractivity contribution < 1.29 is 14.6 Å². The van der Waals surface area contributed by atoms with E-state index in [1.165, 1.54) is 5.56 Å². The van der Waals surface area contributed by atoms with Gasteiger partial charge in [-0.05, 0) is 24.6 Å². The number of ether oxygens (including phenoxy) is 2. The van der Waals surface area contributed by atoms with Crippen molar-refractivity contribution in [2.45, 2.75) is 32.1 Å². The van der Waals surface area contributed by atoms with Crippen molar-refractivity contribution in [1.82, 2.24) is 4.90 Å². The van der Waals surface area contributed by atoms with Crippen molar-refractivity contribution in [3.8, 4) is 5.75 Å². The highest BCUT2D eigenvalue weighted by atomic mass is 35.5. The number of aliphatic hydroxyl groups is 1. The van der Waals surface area contributed by atoms with Gasteiger partial charge in [-0.15, -0.1) is 0 Å². The van der Waals surface area contributed by atoms with Crippen molar-refractivity contribution in [3.63, 3.8) is 0 Å². The van der Waals surface area contributed by atoms with Crippen LogP contribution < -0.4 is 4.74 Å². The first-order chi connectivity index (χ1) is 9.65. The lowest BCUT2D eigenvalue weighted by Crippen LogP contribution is -2.47. The molecule has 110 valence electrons. The van der Waals surface area contributed by atoms with Crippen LogP contribution in [-0.2, 0) is 17.7 Å². The van der Waals surface area contributed by atoms with Crippen LogP contribution in [0.25, 0.3) is 0 Å². The first kappa shape index (κ1) is 14.1. The van der Waals surface area contributed by atoms with E-state index < -0.39 is 0 Å². The van der Waals surface area contributed by atoms with Gasteiger partial charge in [-0.2, -0.15) is 0 Å². The van der Waals surface area contributed by atoms with E-state index in [4.69, 9.17) is 21.1 Å². The first-order valence-electron chi connectivity index (χ1n) is 7.08. The first-order valence-corrected chi connectivity index (χ1v) is 7.46. The van der Waals surface area contributed by atoms with Crippen molar-refractivity contribution in [1.29, 1.82) is 0 Å². The van der Waals surface area contributed by atoms with E-state index in [2.05, 4.69) is 4.90 Å². The second-order valence-electron chi connectivity index (χ2n) is 5.60. The van der Waals surface area contributed by atoms with E-state index >= 15 is 0 Å². The summed E-state index contributed by atoms with van der Waals surface area (Å²) in [6.45, 7) is 5.22. The molecule has 0 spiro atoms. The molecule has 0 aliphatic carbocycles. The lowest BCUT2D eigenvalue weighted by molar-refractivity contribution is -0.0973. The van der Waals surface area contributed by atoms with Crippen LogP contribution in [-0.4, -0.2) is 48.5 Å². The largest absolute Gasteiger partial charge is 0.493 e. The number of hydrogen-bond donors (Lipinski definition) is 1. The number of rotatable bonds is 3. The zero-order valence-corrected chi connectivity index (χ0v) is 12.4. The number of benzene rings is 1. The summed E-state index contributed by atoms with van der Waals surface area (Å²) in [5, 5.41) is 10.1. The average Bonchev–Trinajstić information content (AvgIpc) is 2.86. The maximum atomic E-state index is 9.29. The number of fused-ring (bicyclic) bond motifs is 1. The van der Waals surface area contributed by atoms with E-state index in [1.807, 2.05) is 19.1 Å². The second kappa shape index (κ2) is 5.90. The van der Waals surface area contributed by atoms with Gasteiger partial charge in [-0.3, -0.25) is 4.90 Å². The SMILES string of the molecule is CC1CN(Cc2cc(Cl)cc3c2OCC3)CC(CO)O1. The zero-order valence-electron chi connectivity index (χ0n) is 11.6. The standard InChI is InChI=1S/C15H20ClNO3/c1-10-6-17(8-14(9-18)20-10)7-12-5-13(16)4-11-2-3-19-15(11)12/h4-5,10,14,18H,2-3,6-9H2,1H3. The number of halogens is 1. The minimum atomic E-state index is -0.105. The Morgan fingerprint density at radius 3 is 3.05 bits per heavy atom. The van der Waals surface area contributed by atoms with E-state index in [1.54, 1.807) is 0 Å². The highest BCUT2D eigenvalue weighted by molar-refractivity contribution is 6.30. The fourth-order valence-electron chi connectivity index (χ4n) is 3.07. The molecule has 2 unspecified atom stereocenters. The Kier molecular flexibility index (Phi) is 4.17. The molecule has 0 bridgehead atoms. The molecule has 2 atom stereocenters. The fourth-order valence-corrected chi connectivity index (χ4v) is 3.34. The molecule has 1 aromatic rings. The smallest absolute Gasteiger partial charge is 0.127 e. The Bertz CT molecular complexity index is 494. The van der Waals surface area contributed by atoms with Crippen LogP contribution in [0, 0.1) is 0 Å². The summed E-state index contributed by atoms with van der Waals surface area (Å²) in [7, 11) is 0. The van der Waals surface area contributed by atoms with Gasteiger partial charge in [0.15, 0.2) is 0 Å². The van der Waals surface area contributed by atoms with E-state index in [9.17, 15) is 5.11 Å². The topological polar surface area (TPSA) is 41.9 Å². The highest BCUT2D eigenvalue weighted by Crippen LogP contribution is 2.34. The predicted octanol–water partition coefficient (Wildman–Crippen LogP) is 1.86. The summed E-state index contributed by atoms with van der Waals surface area (Å²) in [4.78, 5) is 2.29. The maximum absolute atomic E-state index is 9.29. The van der Waals surface area contributed by atoms with Gasteiger partial charge in [0.2, 0.25) is 0 Å². The van der Waals surface area contributed by atoms with Gasteiger partial charge < -0.3 is 14.6 Å². The molecule has 0 saturated carbocycles. The Morgan fingerprint density at radius 1 is 1.40 bits per heavy atom. The van der Waals surface area contributed by atoms with Crippen LogP contribution in [0.4, 0.5) is 0 Å². The molecule has 0 aromatic heterocycles. The highest BCUT2D eigenvalue weighted by Gasteiger charge is 2.26. The average molecular weight is 298 g/mol. The number of aliphatic hydroxyl groups excluding tert-OH is 1. The molecule has 1 aromatic carbocycles. The van der Waals surface area contributed by atoms with E-state index in [-0.39, 0.29) is 18.8 Å². The van der Waals surface area contributed by atoms with Crippen LogP contribution >= 0.6 is 11.6 Å². The van der Waals surface area contributed by atoms with Gasteiger partial charge in [0.05, 0.1) is 25.4 Å². The molecular formula is C15H20ClNO3. The minimum absolute atomic E-state index is 0.0605. The molecule has 20 heavy (non-hydrogen) atoms. The normalized spacial score (nSPS) is 26.4. The Balaban J connectivity index is 1.77. The van der Waals surface area contributed by atoms with Crippen LogP contribution in [0.15, 0.2) is 12.1 Å². The van der Waals surface area contributed by atoms with Crippen LogP contribution in [0.1, 0.15) is 18.1 Å². The third kappa shape index (κ3) is 2.93.